The molecule has 2 unspecified atom stereocenters. The van der Waals surface area contributed by atoms with Crippen LogP contribution in [0.1, 0.15) is 429 Å². The summed E-state index contributed by atoms with van der Waals surface area (Å²) in [5.74, 6) is 43.3. The first-order valence-corrected chi connectivity index (χ1v) is 48.2. The highest BCUT2D eigenvalue weighted by Crippen LogP contribution is 2.46. The Hall–Kier alpha value is -8.54. The first kappa shape index (κ1) is 98.9. The maximum Gasteiger partial charge on any atom is 0.316 e. The van der Waals surface area contributed by atoms with Crippen molar-refractivity contribution in [2.75, 3.05) is 0 Å². The predicted molar refractivity (Wildman–Crippen MR) is 513 cm³/mol. The third-order valence-electron chi connectivity index (χ3n) is 25.5. The summed E-state index contributed by atoms with van der Waals surface area (Å²) in [6.45, 7) is 33.1. The van der Waals surface area contributed by atoms with Gasteiger partial charge in [0, 0.05) is 77.8 Å². The molecule has 122 heavy (non-hydrogen) atoms. The molecule has 6 aromatic rings. The van der Waals surface area contributed by atoms with Crippen LogP contribution in [0.3, 0.4) is 0 Å². The highest BCUT2D eigenvalue weighted by molar-refractivity contribution is 5.78. The van der Waals surface area contributed by atoms with Gasteiger partial charge in [-0.1, -0.05) is 269 Å². The molecule has 0 bridgehead atoms. The van der Waals surface area contributed by atoms with Gasteiger partial charge in [-0.3, -0.25) is 9.59 Å². The van der Waals surface area contributed by atoms with Crippen molar-refractivity contribution < 1.29 is 19.1 Å². The number of ether oxygens (including phenoxy) is 2. The van der Waals surface area contributed by atoms with E-state index < -0.39 is 34.0 Å². The van der Waals surface area contributed by atoms with Gasteiger partial charge in [-0.25, -0.2) is 0 Å². The molecule has 2 saturated heterocycles. The Morgan fingerprint density at radius 3 is 0.656 bits per heavy atom. The third-order valence-corrected chi connectivity index (χ3v) is 25.5. The molecular formula is C114H150N2O6-2. The van der Waals surface area contributed by atoms with Gasteiger partial charge in [0.05, 0.1) is 11.8 Å². The van der Waals surface area contributed by atoms with Crippen LogP contribution in [0, 0.1) is 93.3 Å². The maximum atomic E-state index is 13.6. The minimum absolute atomic E-state index is 0.379. The molecule has 8 heteroatoms. The molecule has 2 fully saturated rings. The minimum atomic E-state index is -0.869. The molecular weight excluding hydrogens is 1490 g/mol. The fourth-order valence-corrected chi connectivity index (χ4v) is 17.9. The lowest BCUT2D eigenvalue weighted by Gasteiger charge is -2.47. The summed E-state index contributed by atoms with van der Waals surface area (Å²) in [5, 5.41) is 28.4. The standard InChI is InChI=1S/C114H150N2O6/c1-17-25-33-41-51-89-79-101(69-71-103-83-95(55-45-37-29-21-5)99(81-97(103)57-47-39-31-23-7)67-61-87-63-73-105(74-64-87)121-109(117)107-85-111(9,10)115(119)113(107,13)14)93(53-43-35-27-19-3)77-91(89)59-49-50-60-92-78-94(54-44-36-28-20-4)102(80-90(92)52-42-34-26-18-2)70-72-104-84-96(56-46-38-30-22-6)100(82-98(104)58-48-40-32-24-8)68-62-88-65-75-106(76-66-88)122-110(118)108-86-112(11,12)116(120)114(108,15)16/h63-66,73-84,107-108H,17-48,51-58,85-86H2,1-16H3/q-2. The number of hydrogen-bond donors (Lipinski definition) is 0. The van der Waals surface area contributed by atoms with Crippen molar-refractivity contribution >= 4 is 11.9 Å². The summed E-state index contributed by atoms with van der Waals surface area (Å²) >= 11 is 0. The summed E-state index contributed by atoms with van der Waals surface area (Å²) in [7, 11) is 0. The fraction of sp³-hybridized carbons (Fsp3) is 0.561. The Morgan fingerprint density at radius 1 is 0.287 bits per heavy atom. The van der Waals surface area contributed by atoms with E-state index in [1.807, 2.05) is 104 Å². The molecule has 2 heterocycles. The second kappa shape index (κ2) is 51.0. The van der Waals surface area contributed by atoms with E-state index in [1.165, 1.54) is 160 Å². The molecule has 0 spiro atoms. The van der Waals surface area contributed by atoms with Gasteiger partial charge in [0.25, 0.3) is 0 Å². The van der Waals surface area contributed by atoms with Gasteiger partial charge in [-0.2, -0.15) is 0 Å². The maximum absolute atomic E-state index is 13.6. The van der Waals surface area contributed by atoms with Crippen molar-refractivity contribution in [1.82, 2.24) is 10.1 Å². The minimum Gasteiger partial charge on any atom is -0.784 e. The number of carbonyl (C=O) groups is 2. The van der Waals surface area contributed by atoms with Gasteiger partial charge in [-0.15, -0.1) is 0 Å². The summed E-state index contributed by atoms with van der Waals surface area (Å²) in [5.41, 5.74) is 17.3. The van der Waals surface area contributed by atoms with Crippen molar-refractivity contribution in [1.29, 1.82) is 0 Å². The monoisotopic (exact) mass is 1640 g/mol. The number of hydroxylamine groups is 4. The largest absolute Gasteiger partial charge is 0.784 e. The van der Waals surface area contributed by atoms with Crippen molar-refractivity contribution in [3.05, 3.63) is 208 Å². The molecule has 0 saturated carbocycles. The van der Waals surface area contributed by atoms with Gasteiger partial charge in [0.2, 0.25) is 0 Å². The molecule has 8 nitrogen and oxygen atoms in total. The van der Waals surface area contributed by atoms with Crippen LogP contribution in [0.4, 0.5) is 0 Å². The lowest BCUT2D eigenvalue weighted by molar-refractivity contribution is -0.142. The average molecular weight is 1640 g/mol. The van der Waals surface area contributed by atoms with Crippen LogP contribution in [0.5, 0.6) is 11.5 Å². The van der Waals surface area contributed by atoms with E-state index in [4.69, 9.17) is 9.47 Å². The van der Waals surface area contributed by atoms with Gasteiger partial charge >= 0.3 is 11.9 Å². The van der Waals surface area contributed by atoms with Crippen LogP contribution in [-0.4, -0.2) is 44.2 Å². The van der Waals surface area contributed by atoms with Crippen molar-refractivity contribution in [2.45, 2.75) is 403 Å². The highest BCUT2D eigenvalue weighted by atomic mass is 16.5. The van der Waals surface area contributed by atoms with Crippen LogP contribution in [0.15, 0.2) is 97.1 Å². The molecule has 2 atom stereocenters. The van der Waals surface area contributed by atoms with E-state index in [9.17, 15) is 20.0 Å². The van der Waals surface area contributed by atoms with E-state index in [2.05, 4.69) is 175 Å². The molecule has 0 aliphatic carbocycles. The van der Waals surface area contributed by atoms with E-state index in [1.54, 1.807) is 0 Å². The Bertz CT molecular complexity index is 4440. The number of aryl methyl sites for hydroxylation is 8. The summed E-state index contributed by atoms with van der Waals surface area (Å²) in [6, 6.07) is 34.0. The molecule has 0 aromatic heterocycles. The predicted octanol–water partition coefficient (Wildman–Crippen LogP) is 28.2. The first-order valence-electron chi connectivity index (χ1n) is 48.2. The first-order chi connectivity index (χ1) is 58.8. The van der Waals surface area contributed by atoms with Crippen molar-refractivity contribution in [2.24, 2.45) is 11.8 Å². The van der Waals surface area contributed by atoms with Crippen LogP contribution in [0.25, 0.3) is 0 Å². The molecule has 2 aliphatic heterocycles. The molecule has 8 rings (SSSR count). The lowest BCUT2D eigenvalue weighted by atomic mass is 9.87. The molecule has 0 radical (unpaired) electrons. The molecule has 6 aromatic carbocycles. The summed E-state index contributed by atoms with van der Waals surface area (Å²) in [6.07, 6.45) is 45.2. The van der Waals surface area contributed by atoms with Gasteiger partial charge in [0.15, 0.2) is 0 Å². The number of nitrogens with zero attached hydrogens (tertiary/aromatic N) is 2. The van der Waals surface area contributed by atoms with Crippen LogP contribution >= 0.6 is 0 Å². The second-order valence-electron chi connectivity index (χ2n) is 37.6. The van der Waals surface area contributed by atoms with Crippen molar-refractivity contribution in [3.63, 3.8) is 0 Å². The van der Waals surface area contributed by atoms with Crippen LogP contribution < -0.4 is 9.47 Å². The zero-order valence-electron chi connectivity index (χ0n) is 78.4. The number of esters is 2. The third kappa shape index (κ3) is 30.1. The van der Waals surface area contributed by atoms with Gasteiger partial charge in [0.1, 0.15) is 11.5 Å². The Kier molecular flexibility index (Phi) is 41.4. The SMILES string of the molecule is CCCCCCc1cc(C#Cc2cc(CCCCCC)c(C#Cc3ccc(OC(=O)C4CC(C)(C)N([O-])C4(C)C)cc3)cc2CCCCCC)c(CCCCCC)cc1C#CC#Cc1cc(CCCCCC)c(C#Cc2cc(CCCCCC)c(C#Cc3ccc(OC(=O)C4CC(C)(C)N([O-])C4(C)C)cc3)cc2CCCCCC)cc1CCCCCC. The zero-order chi connectivity index (χ0) is 87.9. The molecule has 654 valence electrons. The number of hydrogen-bond acceptors (Lipinski definition) is 8. The highest BCUT2D eigenvalue weighted by Gasteiger charge is 2.52. The van der Waals surface area contributed by atoms with Gasteiger partial charge in [-0.05, 0) is 324 Å². The Labute approximate surface area is 741 Å². The van der Waals surface area contributed by atoms with Crippen LogP contribution in [0.2, 0.25) is 0 Å². The van der Waals surface area contributed by atoms with E-state index in [0.717, 1.165) is 207 Å². The number of benzene rings is 6. The number of rotatable bonds is 44. The fourth-order valence-electron chi connectivity index (χ4n) is 17.9. The quantitative estimate of drug-likeness (QED) is 0.0161. The lowest BCUT2D eigenvalue weighted by Crippen LogP contribution is -2.47. The smallest absolute Gasteiger partial charge is 0.316 e. The molecule has 0 amide bonds. The Balaban J connectivity index is 1.18. The summed E-state index contributed by atoms with van der Waals surface area (Å²) < 4.78 is 11.9. The van der Waals surface area contributed by atoms with Crippen molar-refractivity contribution in [3.8, 4) is 82.5 Å². The second-order valence-corrected chi connectivity index (χ2v) is 37.6. The van der Waals surface area contributed by atoms with E-state index in [-0.39, 0.29) is 11.9 Å². The average Bonchev–Trinajstić information content (AvgIpc) is 1.61. The number of unbranched alkanes of at least 4 members (excludes halogenated alkanes) is 24. The van der Waals surface area contributed by atoms with Gasteiger partial charge < -0.3 is 30.0 Å². The Morgan fingerprint density at radius 2 is 0.475 bits per heavy atom. The normalized spacial score (nSPS) is 15.4. The molecule has 0 N–H and O–H groups in total. The van der Waals surface area contributed by atoms with E-state index >= 15 is 0 Å². The van der Waals surface area contributed by atoms with Crippen LogP contribution in [-0.2, 0) is 61.0 Å². The van der Waals surface area contributed by atoms with E-state index in [0.29, 0.717) is 24.3 Å². The molecule has 2 aliphatic rings. The topological polar surface area (TPSA) is 105 Å². The zero-order valence-corrected chi connectivity index (χ0v) is 78.4. The summed E-state index contributed by atoms with van der Waals surface area (Å²) in [4.78, 5) is 27.1. The number of carbonyl (C=O) groups excluding carboxylic acids is 2.